The molecule has 1 heterocycles. The van der Waals surface area contributed by atoms with Crippen LogP contribution in [0.15, 0.2) is 24.3 Å². The van der Waals surface area contributed by atoms with E-state index >= 15 is 0 Å². The van der Waals surface area contributed by atoms with E-state index in [9.17, 15) is 5.11 Å². The lowest BCUT2D eigenvalue weighted by molar-refractivity contribution is 0.174. The second-order valence-electron chi connectivity index (χ2n) is 5.47. The second-order valence-corrected chi connectivity index (χ2v) is 5.47. The average Bonchev–Trinajstić information content (AvgIpc) is 2.82. The van der Waals surface area contributed by atoms with Gasteiger partial charge < -0.3 is 15.2 Å². The minimum absolute atomic E-state index is 0.491. The Morgan fingerprint density at radius 2 is 2.18 bits per heavy atom. The summed E-state index contributed by atoms with van der Waals surface area (Å²) in [5.41, 5.74) is 4.17. The summed E-state index contributed by atoms with van der Waals surface area (Å²) in [5.74, 6) is 0.773. The van der Waals surface area contributed by atoms with Crippen molar-refractivity contribution < 1.29 is 9.84 Å². The van der Waals surface area contributed by atoms with E-state index in [1.165, 1.54) is 0 Å². The van der Waals surface area contributed by atoms with Gasteiger partial charge in [-0.05, 0) is 18.9 Å². The molecule has 120 valence electrons. The predicted octanol–water partition coefficient (Wildman–Crippen LogP) is 2.12. The number of aliphatic hydroxyl groups excluding tert-OH is 1. The van der Waals surface area contributed by atoms with E-state index in [0.717, 1.165) is 34.7 Å². The third-order valence-corrected chi connectivity index (χ3v) is 3.77. The summed E-state index contributed by atoms with van der Waals surface area (Å²) in [4.78, 5) is 0. The van der Waals surface area contributed by atoms with Gasteiger partial charge in [0.05, 0.1) is 24.5 Å². The van der Waals surface area contributed by atoms with Crippen LogP contribution in [0, 0.1) is 6.92 Å². The van der Waals surface area contributed by atoms with Crippen LogP contribution in [0.5, 0.6) is 5.88 Å². The first-order valence-electron chi connectivity index (χ1n) is 7.60. The second kappa shape index (κ2) is 7.42. The van der Waals surface area contributed by atoms with Gasteiger partial charge in [-0.25, -0.2) is 4.68 Å². The lowest BCUT2D eigenvalue weighted by Crippen LogP contribution is -2.21. The topological polar surface area (TPSA) is 59.3 Å². The molecule has 0 aliphatic carbocycles. The molecule has 2 N–H and O–H groups in total. The van der Waals surface area contributed by atoms with Crippen LogP contribution in [0.2, 0.25) is 0 Å². The smallest absolute Gasteiger partial charge is 0.216 e. The minimum atomic E-state index is -0.521. The van der Waals surface area contributed by atoms with Gasteiger partial charge in [0.25, 0.3) is 0 Å². The van der Waals surface area contributed by atoms with E-state index in [1.807, 2.05) is 38.2 Å². The maximum Gasteiger partial charge on any atom is 0.216 e. The molecule has 1 aromatic carbocycles. The lowest BCUT2D eigenvalue weighted by atomic mass is 10.1. The van der Waals surface area contributed by atoms with Gasteiger partial charge >= 0.3 is 0 Å². The zero-order valence-electron chi connectivity index (χ0n) is 13.8. The quantitative estimate of drug-likeness (QED) is 0.822. The molecule has 1 atom stereocenters. The number of benzene rings is 1. The van der Waals surface area contributed by atoms with Gasteiger partial charge in [0.15, 0.2) is 0 Å². The van der Waals surface area contributed by atoms with Crippen LogP contribution in [0.25, 0.3) is 0 Å². The molecule has 0 aliphatic heterocycles. The summed E-state index contributed by atoms with van der Waals surface area (Å²) >= 11 is 0. The number of nitrogens with one attached hydrogen (secondary N) is 1. The fourth-order valence-corrected chi connectivity index (χ4v) is 2.65. The molecule has 0 fully saturated rings. The van der Waals surface area contributed by atoms with Crippen LogP contribution in [0.3, 0.4) is 0 Å². The number of hydrogen-bond donors (Lipinski definition) is 2. The zero-order chi connectivity index (χ0) is 16.1. The Balaban J connectivity index is 1.99. The summed E-state index contributed by atoms with van der Waals surface area (Å²) in [5, 5.41) is 18.0. The van der Waals surface area contributed by atoms with Gasteiger partial charge in [-0.3, -0.25) is 0 Å². The number of aromatic nitrogens is 2. The Morgan fingerprint density at radius 3 is 2.82 bits per heavy atom. The summed E-state index contributed by atoms with van der Waals surface area (Å²) in [6.45, 7) is 5.22. The SMILES string of the molecule is CCc1nn(C)c(OC)c1CNCC(O)c1cccc(C)c1. The monoisotopic (exact) mass is 303 g/mol. The highest BCUT2D eigenvalue weighted by Crippen LogP contribution is 2.22. The molecule has 0 saturated carbocycles. The molecule has 0 saturated heterocycles. The minimum Gasteiger partial charge on any atom is -0.481 e. The number of aryl methyl sites for hydroxylation is 3. The number of hydrogen-bond acceptors (Lipinski definition) is 4. The van der Waals surface area contributed by atoms with Crippen LogP contribution in [0.4, 0.5) is 0 Å². The predicted molar refractivity (Wildman–Crippen MR) is 87.0 cm³/mol. The van der Waals surface area contributed by atoms with Crippen LogP contribution in [-0.4, -0.2) is 28.5 Å². The van der Waals surface area contributed by atoms with Crippen molar-refractivity contribution in [2.45, 2.75) is 32.9 Å². The molecule has 22 heavy (non-hydrogen) atoms. The summed E-state index contributed by atoms with van der Waals surface area (Å²) in [7, 11) is 3.53. The average molecular weight is 303 g/mol. The molecule has 1 unspecified atom stereocenters. The van der Waals surface area contributed by atoms with Gasteiger partial charge in [0, 0.05) is 20.1 Å². The van der Waals surface area contributed by atoms with Gasteiger partial charge in [-0.2, -0.15) is 5.10 Å². The van der Waals surface area contributed by atoms with Crippen molar-refractivity contribution in [3.8, 4) is 5.88 Å². The number of methoxy groups -OCH3 is 1. The number of nitrogens with zero attached hydrogens (tertiary/aromatic N) is 2. The fourth-order valence-electron chi connectivity index (χ4n) is 2.65. The normalized spacial score (nSPS) is 12.4. The third kappa shape index (κ3) is 3.67. The van der Waals surface area contributed by atoms with E-state index in [-0.39, 0.29) is 0 Å². The first-order chi connectivity index (χ1) is 10.6. The van der Waals surface area contributed by atoms with Crippen LogP contribution < -0.4 is 10.1 Å². The zero-order valence-corrected chi connectivity index (χ0v) is 13.8. The van der Waals surface area contributed by atoms with Gasteiger partial charge in [-0.15, -0.1) is 0 Å². The molecule has 0 amide bonds. The van der Waals surface area contributed by atoms with Crippen molar-refractivity contribution >= 4 is 0 Å². The van der Waals surface area contributed by atoms with Gasteiger partial charge in [0.1, 0.15) is 0 Å². The summed E-state index contributed by atoms with van der Waals surface area (Å²) < 4.78 is 7.17. The summed E-state index contributed by atoms with van der Waals surface area (Å²) in [6.07, 6.45) is 0.335. The molecule has 0 spiro atoms. The van der Waals surface area contributed by atoms with Gasteiger partial charge in [0.2, 0.25) is 5.88 Å². The molecule has 1 aromatic heterocycles. The largest absolute Gasteiger partial charge is 0.481 e. The number of ether oxygens (including phenoxy) is 1. The number of aliphatic hydroxyl groups is 1. The van der Waals surface area contributed by atoms with Crippen molar-refractivity contribution in [1.82, 2.24) is 15.1 Å². The molecule has 0 bridgehead atoms. The Bertz CT molecular complexity index is 622. The highest BCUT2D eigenvalue weighted by molar-refractivity contribution is 5.31. The van der Waals surface area contributed by atoms with E-state index in [1.54, 1.807) is 11.8 Å². The van der Waals surface area contributed by atoms with E-state index < -0.39 is 6.10 Å². The van der Waals surface area contributed by atoms with Crippen molar-refractivity contribution in [2.24, 2.45) is 7.05 Å². The Labute approximate surface area is 131 Å². The van der Waals surface area contributed by atoms with Crippen LogP contribution in [-0.2, 0) is 20.0 Å². The fraction of sp³-hybridized carbons (Fsp3) is 0.471. The molecule has 5 heteroatoms. The Kier molecular flexibility index (Phi) is 5.57. The maximum absolute atomic E-state index is 10.3. The lowest BCUT2D eigenvalue weighted by Gasteiger charge is -2.13. The standard InChI is InChI=1S/C17H25N3O2/c1-5-15-14(17(22-4)20(3)19-15)10-18-11-16(21)13-8-6-7-12(2)9-13/h6-9,16,18,21H,5,10-11H2,1-4H3. The molecule has 2 aromatic rings. The Morgan fingerprint density at radius 1 is 1.41 bits per heavy atom. The van der Waals surface area contributed by atoms with Crippen molar-refractivity contribution in [1.29, 1.82) is 0 Å². The Hall–Kier alpha value is -1.85. The maximum atomic E-state index is 10.3. The first kappa shape index (κ1) is 16.5. The summed E-state index contributed by atoms with van der Waals surface area (Å²) in [6, 6.07) is 7.95. The van der Waals surface area contributed by atoms with Gasteiger partial charge in [-0.1, -0.05) is 36.8 Å². The molecule has 0 aliphatic rings. The molecule has 0 radical (unpaired) electrons. The highest BCUT2D eigenvalue weighted by Gasteiger charge is 2.16. The van der Waals surface area contributed by atoms with E-state index in [4.69, 9.17) is 4.74 Å². The highest BCUT2D eigenvalue weighted by atomic mass is 16.5. The van der Waals surface area contributed by atoms with Crippen molar-refractivity contribution in [2.75, 3.05) is 13.7 Å². The van der Waals surface area contributed by atoms with Crippen molar-refractivity contribution in [3.05, 3.63) is 46.6 Å². The molecule has 2 rings (SSSR count). The van der Waals surface area contributed by atoms with Crippen LogP contribution >= 0.6 is 0 Å². The third-order valence-electron chi connectivity index (χ3n) is 3.77. The van der Waals surface area contributed by atoms with E-state index in [2.05, 4.69) is 17.3 Å². The molecule has 5 nitrogen and oxygen atoms in total. The van der Waals surface area contributed by atoms with E-state index in [0.29, 0.717) is 13.1 Å². The molecular weight excluding hydrogens is 278 g/mol. The molecular formula is C17H25N3O2. The van der Waals surface area contributed by atoms with Crippen LogP contribution in [0.1, 0.15) is 35.4 Å². The number of rotatable bonds is 7. The van der Waals surface area contributed by atoms with Crippen molar-refractivity contribution in [3.63, 3.8) is 0 Å². The first-order valence-corrected chi connectivity index (χ1v) is 7.60.